The van der Waals surface area contributed by atoms with Gasteiger partial charge in [-0.25, -0.2) is 4.39 Å². The number of hydrogen-bond acceptors (Lipinski definition) is 5. The molecule has 8 heteroatoms. The lowest BCUT2D eigenvalue weighted by Gasteiger charge is -2.13. The smallest absolute Gasteiger partial charge is 0.244 e. The van der Waals surface area contributed by atoms with Crippen LogP contribution >= 0.6 is 0 Å². The fourth-order valence-corrected chi connectivity index (χ4v) is 2.44. The Morgan fingerprint density at radius 2 is 2.04 bits per heavy atom. The zero-order chi connectivity index (χ0) is 18.5. The summed E-state index contributed by atoms with van der Waals surface area (Å²) in [6.07, 6.45) is 0. The lowest BCUT2D eigenvalue weighted by atomic mass is 10.1. The number of aromatic nitrogens is 4. The molecule has 0 aliphatic rings. The third-order valence-electron chi connectivity index (χ3n) is 3.81. The molecule has 1 unspecified atom stereocenters. The topological polar surface area (TPSA) is 81.9 Å². The van der Waals surface area contributed by atoms with E-state index in [9.17, 15) is 9.18 Å². The van der Waals surface area contributed by atoms with E-state index in [0.29, 0.717) is 11.6 Å². The zero-order valence-electron chi connectivity index (χ0n) is 14.4. The Bertz CT molecular complexity index is 895. The summed E-state index contributed by atoms with van der Waals surface area (Å²) >= 11 is 0. The number of carbonyl (C=O) groups excluding carboxylic acids is 1. The molecule has 0 fully saturated rings. The molecule has 0 spiro atoms. The van der Waals surface area contributed by atoms with Crippen molar-refractivity contribution in [2.45, 2.75) is 19.5 Å². The number of nitrogens with zero attached hydrogens (tertiary/aromatic N) is 4. The number of benzene rings is 2. The standard InChI is InChI=1S/C18H18FN5O2/c1-12(13-6-8-15(19)9-7-13)20-17(25)11-24-22-18(21-23-24)14-4-3-5-16(10-14)26-2/h3-10,12H,11H2,1-2H3,(H,20,25). The highest BCUT2D eigenvalue weighted by molar-refractivity contribution is 5.76. The summed E-state index contributed by atoms with van der Waals surface area (Å²) in [4.78, 5) is 13.4. The van der Waals surface area contributed by atoms with Crippen molar-refractivity contribution in [1.82, 2.24) is 25.5 Å². The van der Waals surface area contributed by atoms with E-state index in [1.165, 1.54) is 16.9 Å². The molecular weight excluding hydrogens is 337 g/mol. The number of amides is 1. The third-order valence-corrected chi connectivity index (χ3v) is 3.81. The van der Waals surface area contributed by atoms with E-state index in [4.69, 9.17) is 4.74 Å². The molecule has 1 N–H and O–H groups in total. The molecule has 0 saturated heterocycles. The molecule has 0 radical (unpaired) electrons. The van der Waals surface area contributed by atoms with E-state index in [1.54, 1.807) is 25.3 Å². The van der Waals surface area contributed by atoms with Crippen LogP contribution in [-0.2, 0) is 11.3 Å². The largest absolute Gasteiger partial charge is 0.497 e. The lowest BCUT2D eigenvalue weighted by Crippen LogP contribution is -2.30. The van der Waals surface area contributed by atoms with Crippen molar-refractivity contribution >= 4 is 5.91 Å². The quantitative estimate of drug-likeness (QED) is 0.734. The molecule has 1 aromatic heterocycles. The molecule has 2 aromatic carbocycles. The minimum absolute atomic E-state index is 0.0670. The second-order valence-electron chi connectivity index (χ2n) is 5.72. The van der Waals surface area contributed by atoms with Gasteiger partial charge in [-0.15, -0.1) is 10.2 Å². The fourth-order valence-electron chi connectivity index (χ4n) is 2.44. The third kappa shape index (κ3) is 4.21. The zero-order valence-corrected chi connectivity index (χ0v) is 14.4. The van der Waals surface area contributed by atoms with E-state index < -0.39 is 0 Å². The van der Waals surface area contributed by atoms with Crippen LogP contribution in [0.1, 0.15) is 18.5 Å². The predicted molar refractivity (Wildman–Crippen MR) is 92.8 cm³/mol. The summed E-state index contributed by atoms with van der Waals surface area (Å²) in [6, 6.07) is 13.0. The average Bonchev–Trinajstić information content (AvgIpc) is 3.10. The van der Waals surface area contributed by atoms with Crippen molar-refractivity contribution < 1.29 is 13.9 Å². The minimum Gasteiger partial charge on any atom is -0.497 e. The van der Waals surface area contributed by atoms with Crippen LogP contribution in [0.2, 0.25) is 0 Å². The molecule has 134 valence electrons. The number of ether oxygens (including phenoxy) is 1. The van der Waals surface area contributed by atoms with E-state index >= 15 is 0 Å². The first-order valence-corrected chi connectivity index (χ1v) is 8.02. The molecule has 0 aliphatic heterocycles. The summed E-state index contributed by atoms with van der Waals surface area (Å²) in [7, 11) is 1.58. The van der Waals surface area contributed by atoms with Gasteiger partial charge >= 0.3 is 0 Å². The highest BCUT2D eigenvalue weighted by atomic mass is 19.1. The van der Waals surface area contributed by atoms with Gasteiger partial charge in [-0.1, -0.05) is 24.3 Å². The molecule has 7 nitrogen and oxygen atoms in total. The monoisotopic (exact) mass is 355 g/mol. The summed E-state index contributed by atoms with van der Waals surface area (Å²) < 4.78 is 18.1. The van der Waals surface area contributed by atoms with Gasteiger partial charge in [-0.2, -0.15) is 4.80 Å². The number of methoxy groups -OCH3 is 1. The molecular formula is C18H18FN5O2. The summed E-state index contributed by atoms with van der Waals surface area (Å²) in [6.45, 7) is 1.75. The molecule has 1 heterocycles. The number of tetrazole rings is 1. The van der Waals surface area contributed by atoms with Crippen LogP contribution in [0.3, 0.4) is 0 Å². The van der Waals surface area contributed by atoms with E-state index in [0.717, 1.165) is 11.1 Å². The number of nitrogens with one attached hydrogen (secondary N) is 1. The normalized spacial score (nSPS) is 11.8. The second-order valence-corrected chi connectivity index (χ2v) is 5.72. The van der Waals surface area contributed by atoms with Crippen molar-refractivity contribution in [2.75, 3.05) is 7.11 Å². The molecule has 0 aliphatic carbocycles. The van der Waals surface area contributed by atoms with E-state index in [1.807, 2.05) is 25.1 Å². The molecule has 3 rings (SSSR count). The maximum atomic E-state index is 13.0. The Labute approximate surface area is 149 Å². The molecule has 3 aromatic rings. The van der Waals surface area contributed by atoms with Crippen LogP contribution in [0.15, 0.2) is 48.5 Å². The van der Waals surface area contributed by atoms with Crippen molar-refractivity contribution in [3.05, 3.63) is 59.9 Å². The minimum atomic E-state index is -0.316. The Balaban J connectivity index is 1.63. The van der Waals surface area contributed by atoms with Crippen LogP contribution in [-0.4, -0.2) is 33.2 Å². The first-order chi connectivity index (χ1) is 12.5. The average molecular weight is 355 g/mol. The highest BCUT2D eigenvalue weighted by Gasteiger charge is 2.13. The second kappa shape index (κ2) is 7.73. The van der Waals surface area contributed by atoms with Gasteiger partial charge in [0.15, 0.2) is 0 Å². The molecule has 1 amide bonds. The SMILES string of the molecule is COc1cccc(-c2nnn(CC(=O)NC(C)c3ccc(F)cc3)n2)c1. The number of hydrogen-bond donors (Lipinski definition) is 1. The van der Waals surface area contributed by atoms with E-state index in [-0.39, 0.29) is 24.3 Å². The van der Waals surface area contributed by atoms with Gasteiger partial charge in [0.25, 0.3) is 0 Å². The molecule has 1 atom stereocenters. The Morgan fingerprint density at radius 1 is 1.27 bits per heavy atom. The number of carbonyl (C=O) groups is 1. The van der Waals surface area contributed by atoms with Crippen molar-refractivity contribution in [1.29, 1.82) is 0 Å². The van der Waals surface area contributed by atoms with Gasteiger partial charge in [0, 0.05) is 5.56 Å². The first-order valence-electron chi connectivity index (χ1n) is 8.02. The van der Waals surface area contributed by atoms with E-state index in [2.05, 4.69) is 20.7 Å². The maximum Gasteiger partial charge on any atom is 0.244 e. The van der Waals surface area contributed by atoms with Gasteiger partial charge in [-0.05, 0) is 42.0 Å². The van der Waals surface area contributed by atoms with Crippen molar-refractivity contribution in [2.24, 2.45) is 0 Å². The van der Waals surface area contributed by atoms with Crippen molar-refractivity contribution in [3.8, 4) is 17.1 Å². The fraction of sp³-hybridized carbons (Fsp3) is 0.222. The molecule has 0 saturated carbocycles. The summed E-state index contributed by atoms with van der Waals surface area (Å²) in [5.74, 6) is 0.508. The highest BCUT2D eigenvalue weighted by Crippen LogP contribution is 2.19. The van der Waals surface area contributed by atoms with Crippen LogP contribution in [0.25, 0.3) is 11.4 Å². The Kier molecular flexibility index (Phi) is 5.21. The first kappa shape index (κ1) is 17.5. The van der Waals surface area contributed by atoms with Gasteiger partial charge in [0.1, 0.15) is 18.1 Å². The molecule has 0 bridgehead atoms. The Morgan fingerprint density at radius 3 is 2.77 bits per heavy atom. The lowest BCUT2D eigenvalue weighted by molar-refractivity contribution is -0.122. The van der Waals surface area contributed by atoms with Crippen molar-refractivity contribution in [3.63, 3.8) is 0 Å². The predicted octanol–water partition coefficient (Wildman–Crippen LogP) is 2.37. The number of rotatable bonds is 6. The van der Waals surface area contributed by atoms with Crippen LogP contribution < -0.4 is 10.1 Å². The van der Waals surface area contributed by atoms with Gasteiger partial charge < -0.3 is 10.1 Å². The van der Waals surface area contributed by atoms with Crippen LogP contribution in [0.4, 0.5) is 4.39 Å². The summed E-state index contributed by atoms with van der Waals surface area (Å²) in [5.41, 5.74) is 1.55. The molecule has 26 heavy (non-hydrogen) atoms. The van der Waals surface area contributed by atoms with Gasteiger partial charge in [-0.3, -0.25) is 4.79 Å². The Hall–Kier alpha value is -3.29. The number of halogens is 1. The van der Waals surface area contributed by atoms with Gasteiger partial charge in [0.05, 0.1) is 13.2 Å². The summed E-state index contributed by atoms with van der Waals surface area (Å²) in [5, 5.41) is 14.9. The maximum absolute atomic E-state index is 13.0. The van der Waals surface area contributed by atoms with Crippen LogP contribution in [0, 0.1) is 5.82 Å². The van der Waals surface area contributed by atoms with Crippen LogP contribution in [0.5, 0.6) is 5.75 Å². The van der Waals surface area contributed by atoms with Gasteiger partial charge in [0.2, 0.25) is 11.7 Å².